The van der Waals surface area contributed by atoms with Gasteiger partial charge in [0.2, 0.25) is 0 Å². The number of hydrogen-bond acceptors (Lipinski definition) is 3. The van der Waals surface area contributed by atoms with Gasteiger partial charge in [-0.05, 0) is 55.7 Å². The van der Waals surface area contributed by atoms with E-state index in [1.165, 1.54) is 11.0 Å². The van der Waals surface area contributed by atoms with Gasteiger partial charge in [0.25, 0.3) is 5.91 Å². The van der Waals surface area contributed by atoms with Crippen molar-refractivity contribution >= 4 is 5.91 Å². The molecule has 9 heteroatoms. The van der Waals surface area contributed by atoms with E-state index in [9.17, 15) is 27.5 Å². The minimum Gasteiger partial charge on any atom is -0.508 e. The van der Waals surface area contributed by atoms with Crippen LogP contribution in [-0.4, -0.2) is 38.8 Å². The number of hydrogen-bond donors (Lipinski definition) is 1. The summed E-state index contributed by atoms with van der Waals surface area (Å²) in [6.07, 6.45) is -1.90. The van der Waals surface area contributed by atoms with E-state index in [0.29, 0.717) is 30.2 Å². The van der Waals surface area contributed by atoms with Crippen LogP contribution in [0.2, 0.25) is 0 Å². The fourth-order valence-corrected chi connectivity index (χ4v) is 4.05. The molecule has 0 saturated carbocycles. The van der Waals surface area contributed by atoms with Gasteiger partial charge in [0, 0.05) is 24.8 Å². The summed E-state index contributed by atoms with van der Waals surface area (Å²) in [4.78, 5) is 14.1. The van der Waals surface area contributed by atoms with Gasteiger partial charge in [-0.2, -0.15) is 18.3 Å². The van der Waals surface area contributed by atoms with Crippen LogP contribution in [0, 0.1) is 12.7 Å². The Morgan fingerprint density at radius 2 is 1.81 bits per heavy atom. The average Bonchev–Trinajstić information content (AvgIpc) is 3.14. The molecule has 32 heavy (non-hydrogen) atoms. The molecule has 168 valence electrons. The summed E-state index contributed by atoms with van der Waals surface area (Å²) in [6, 6.07) is 8.79. The first-order valence-electron chi connectivity index (χ1n) is 10.2. The fraction of sp³-hybridized carbons (Fsp3) is 0.304. The molecule has 2 aromatic carbocycles. The first-order valence-corrected chi connectivity index (χ1v) is 10.2. The van der Waals surface area contributed by atoms with Gasteiger partial charge in [0.15, 0.2) is 0 Å². The number of aromatic nitrogens is 2. The van der Waals surface area contributed by atoms with Crippen LogP contribution in [-0.2, 0) is 6.18 Å². The van der Waals surface area contributed by atoms with Gasteiger partial charge in [0.05, 0.1) is 22.9 Å². The van der Waals surface area contributed by atoms with Crippen LogP contribution in [0.1, 0.15) is 40.4 Å². The molecule has 0 atom stereocenters. The Labute approximate surface area is 181 Å². The zero-order chi connectivity index (χ0) is 23.0. The molecule has 0 spiro atoms. The van der Waals surface area contributed by atoms with Crippen molar-refractivity contribution < 1.29 is 27.5 Å². The molecular formula is C23H21F4N3O2. The molecular weight excluding hydrogens is 426 g/mol. The lowest BCUT2D eigenvalue weighted by Gasteiger charge is -2.32. The number of nitrogens with zero attached hydrogens (tertiary/aromatic N) is 3. The number of carbonyl (C=O) groups is 1. The van der Waals surface area contributed by atoms with Crippen molar-refractivity contribution in [2.24, 2.45) is 0 Å². The summed E-state index contributed by atoms with van der Waals surface area (Å²) < 4.78 is 55.8. The minimum absolute atomic E-state index is 0.0652. The molecule has 0 bridgehead atoms. The van der Waals surface area contributed by atoms with E-state index in [1.807, 2.05) is 13.1 Å². The third-order valence-corrected chi connectivity index (χ3v) is 5.71. The molecule has 1 amide bonds. The van der Waals surface area contributed by atoms with Crippen LogP contribution in [0.15, 0.2) is 48.7 Å². The van der Waals surface area contributed by atoms with Gasteiger partial charge in [-0.25, -0.2) is 4.39 Å². The Hall–Kier alpha value is -3.36. The summed E-state index contributed by atoms with van der Waals surface area (Å²) in [5.41, 5.74) is 0.117. The van der Waals surface area contributed by atoms with Crippen LogP contribution in [0.4, 0.5) is 17.6 Å². The number of halogens is 4. The highest BCUT2D eigenvalue weighted by molar-refractivity contribution is 5.96. The van der Waals surface area contributed by atoms with Gasteiger partial charge in [-0.15, -0.1) is 0 Å². The second-order valence-electron chi connectivity index (χ2n) is 7.87. The predicted molar refractivity (Wildman–Crippen MR) is 110 cm³/mol. The van der Waals surface area contributed by atoms with E-state index in [1.54, 1.807) is 22.9 Å². The maximum Gasteiger partial charge on any atom is 0.417 e. The lowest BCUT2D eigenvalue weighted by Crippen LogP contribution is -2.39. The summed E-state index contributed by atoms with van der Waals surface area (Å²) in [5.74, 6) is -1.54. The first kappa shape index (κ1) is 21.9. The third kappa shape index (κ3) is 4.19. The molecule has 4 rings (SSSR count). The van der Waals surface area contributed by atoms with Crippen molar-refractivity contribution in [2.75, 3.05) is 13.1 Å². The number of carbonyl (C=O) groups excluding carboxylic acids is 1. The Morgan fingerprint density at radius 1 is 1.12 bits per heavy atom. The molecule has 0 unspecified atom stereocenters. The highest BCUT2D eigenvalue weighted by atomic mass is 19.4. The minimum atomic E-state index is -4.70. The molecule has 0 aliphatic carbocycles. The second kappa shape index (κ2) is 8.29. The molecule has 1 fully saturated rings. The first-order chi connectivity index (χ1) is 15.1. The molecule has 1 N–H and O–H groups in total. The van der Waals surface area contributed by atoms with Crippen molar-refractivity contribution in [2.45, 2.75) is 32.0 Å². The molecule has 1 aromatic heterocycles. The van der Waals surface area contributed by atoms with Gasteiger partial charge < -0.3 is 10.0 Å². The number of aryl methyl sites for hydroxylation is 1. The van der Waals surface area contributed by atoms with Gasteiger partial charge >= 0.3 is 6.18 Å². The number of amides is 1. The van der Waals surface area contributed by atoms with Gasteiger partial charge in [-0.1, -0.05) is 12.1 Å². The number of rotatable bonds is 3. The van der Waals surface area contributed by atoms with Crippen molar-refractivity contribution in [3.05, 3.63) is 71.2 Å². The van der Waals surface area contributed by atoms with E-state index in [2.05, 4.69) is 5.10 Å². The van der Waals surface area contributed by atoms with Crippen LogP contribution in [0.3, 0.4) is 0 Å². The number of likely N-dealkylation sites (tertiary alicyclic amines) is 1. The monoisotopic (exact) mass is 447 g/mol. The number of phenolic OH excluding ortho intramolecular Hbond substituents is 1. The highest BCUT2D eigenvalue weighted by Gasteiger charge is 2.37. The SMILES string of the molecule is Cc1cn(C2CCN(C(=O)c3cc(O)ccc3C(F)(F)F)CC2)nc1-c1ccccc1F. The van der Waals surface area contributed by atoms with E-state index in [-0.39, 0.29) is 24.9 Å². The fourth-order valence-electron chi connectivity index (χ4n) is 4.05. The smallest absolute Gasteiger partial charge is 0.417 e. The van der Waals surface area contributed by atoms with E-state index >= 15 is 0 Å². The van der Waals surface area contributed by atoms with Crippen LogP contribution in [0.25, 0.3) is 11.3 Å². The van der Waals surface area contributed by atoms with Crippen molar-refractivity contribution in [3.8, 4) is 17.0 Å². The average molecular weight is 447 g/mol. The maximum atomic E-state index is 14.2. The Morgan fingerprint density at radius 3 is 2.47 bits per heavy atom. The summed E-state index contributed by atoms with van der Waals surface area (Å²) in [7, 11) is 0. The molecule has 1 aliphatic heterocycles. The van der Waals surface area contributed by atoms with Crippen LogP contribution in [0.5, 0.6) is 5.75 Å². The third-order valence-electron chi connectivity index (χ3n) is 5.71. The topological polar surface area (TPSA) is 58.4 Å². The standard InChI is InChI=1S/C23H21F4N3O2/c1-14-13-30(28-21(14)17-4-2-3-5-20(17)24)15-8-10-29(11-9-15)22(32)18-12-16(31)6-7-19(18)23(25,26)27/h2-7,12-13,15,31H,8-11H2,1H3. The zero-order valence-corrected chi connectivity index (χ0v) is 17.2. The van der Waals surface area contributed by atoms with E-state index in [0.717, 1.165) is 17.7 Å². The Bertz CT molecular complexity index is 1150. The second-order valence-corrected chi connectivity index (χ2v) is 7.87. The number of phenols is 1. The Balaban J connectivity index is 1.50. The van der Waals surface area contributed by atoms with E-state index in [4.69, 9.17) is 0 Å². The largest absolute Gasteiger partial charge is 0.508 e. The van der Waals surface area contributed by atoms with E-state index < -0.39 is 29.0 Å². The number of piperidine rings is 1. The van der Waals surface area contributed by atoms with Crippen molar-refractivity contribution in [3.63, 3.8) is 0 Å². The highest BCUT2D eigenvalue weighted by Crippen LogP contribution is 2.35. The lowest BCUT2D eigenvalue weighted by atomic mass is 10.0. The summed E-state index contributed by atoms with van der Waals surface area (Å²) in [6.45, 7) is 2.32. The normalized spacial score (nSPS) is 15.2. The number of alkyl halides is 3. The summed E-state index contributed by atoms with van der Waals surface area (Å²) in [5, 5.41) is 14.1. The molecule has 5 nitrogen and oxygen atoms in total. The predicted octanol–water partition coefficient (Wildman–Crippen LogP) is 5.20. The lowest BCUT2D eigenvalue weighted by molar-refractivity contribution is -0.138. The molecule has 1 aliphatic rings. The van der Waals surface area contributed by atoms with Crippen molar-refractivity contribution in [1.29, 1.82) is 0 Å². The maximum absolute atomic E-state index is 14.2. The Kier molecular flexibility index (Phi) is 5.66. The van der Waals surface area contributed by atoms with Crippen LogP contribution >= 0.6 is 0 Å². The summed E-state index contributed by atoms with van der Waals surface area (Å²) >= 11 is 0. The van der Waals surface area contributed by atoms with Crippen LogP contribution < -0.4 is 0 Å². The number of benzene rings is 2. The molecule has 2 heterocycles. The van der Waals surface area contributed by atoms with Crippen molar-refractivity contribution in [1.82, 2.24) is 14.7 Å². The van der Waals surface area contributed by atoms with Gasteiger partial charge in [-0.3, -0.25) is 9.48 Å². The molecule has 3 aromatic rings. The zero-order valence-electron chi connectivity index (χ0n) is 17.2. The molecule has 0 radical (unpaired) electrons. The van der Waals surface area contributed by atoms with Gasteiger partial charge in [0.1, 0.15) is 11.6 Å². The molecule has 1 saturated heterocycles. The quantitative estimate of drug-likeness (QED) is 0.562. The number of aromatic hydroxyl groups is 1.